The van der Waals surface area contributed by atoms with Crippen LogP contribution in [0.15, 0.2) is 47.5 Å². The molecule has 0 saturated carbocycles. The summed E-state index contributed by atoms with van der Waals surface area (Å²) in [7, 11) is 0. The zero-order chi connectivity index (χ0) is 20.9. The van der Waals surface area contributed by atoms with Crippen LogP contribution < -0.4 is 10.3 Å². The molecule has 0 aliphatic carbocycles. The van der Waals surface area contributed by atoms with E-state index in [1.807, 2.05) is 24.3 Å². The molecule has 0 amide bonds. The monoisotopic (exact) mass is 404 g/mol. The van der Waals surface area contributed by atoms with Crippen LogP contribution in [0.5, 0.6) is 5.75 Å². The predicted octanol–water partition coefficient (Wildman–Crippen LogP) is 3.37. The van der Waals surface area contributed by atoms with E-state index >= 15 is 0 Å². The Morgan fingerprint density at radius 2 is 1.87 bits per heavy atom. The lowest BCUT2D eigenvalue weighted by Gasteiger charge is -2.10. The SMILES string of the molecule is CCCOc1ccccc1-c1nc2c(c(Cc3ncccn3)nn2CCC)c(=O)[nH]1. The van der Waals surface area contributed by atoms with Crippen molar-refractivity contribution >= 4 is 11.0 Å². The van der Waals surface area contributed by atoms with Crippen molar-refractivity contribution in [2.45, 2.75) is 39.7 Å². The van der Waals surface area contributed by atoms with Gasteiger partial charge in [-0.05, 0) is 31.0 Å². The number of aromatic nitrogens is 6. The second kappa shape index (κ2) is 8.86. The van der Waals surface area contributed by atoms with Crippen LogP contribution in [0.1, 0.15) is 38.2 Å². The van der Waals surface area contributed by atoms with Gasteiger partial charge in [0.25, 0.3) is 5.56 Å². The van der Waals surface area contributed by atoms with E-state index < -0.39 is 0 Å². The fraction of sp³-hybridized carbons (Fsp3) is 0.318. The predicted molar refractivity (Wildman–Crippen MR) is 114 cm³/mol. The van der Waals surface area contributed by atoms with Crippen molar-refractivity contribution in [3.8, 4) is 17.1 Å². The number of ether oxygens (including phenoxy) is 1. The van der Waals surface area contributed by atoms with E-state index in [4.69, 9.17) is 9.72 Å². The highest BCUT2D eigenvalue weighted by Crippen LogP contribution is 2.28. The molecule has 0 atom stereocenters. The van der Waals surface area contributed by atoms with Crippen LogP contribution in [0.25, 0.3) is 22.4 Å². The molecule has 0 aliphatic heterocycles. The van der Waals surface area contributed by atoms with Gasteiger partial charge in [-0.1, -0.05) is 26.0 Å². The van der Waals surface area contributed by atoms with Crippen molar-refractivity contribution in [1.29, 1.82) is 0 Å². The van der Waals surface area contributed by atoms with E-state index in [0.717, 1.165) is 18.4 Å². The summed E-state index contributed by atoms with van der Waals surface area (Å²) in [6.07, 6.45) is 5.50. The van der Waals surface area contributed by atoms with Crippen LogP contribution in [0.4, 0.5) is 0 Å². The van der Waals surface area contributed by atoms with Gasteiger partial charge in [0.2, 0.25) is 0 Å². The Labute approximate surface area is 174 Å². The summed E-state index contributed by atoms with van der Waals surface area (Å²) in [5, 5.41) is 5.14. The van der Waals surface area contributed by atoms with Crippen LogP contribution in [0, 0.1) is 0 Å². The summed E-state index contributed by atoms with van der Waals surface area (Å²) in [6, 6.07) is 9.35. The number of nitrogens with zero attached hydrogens (tertiary/aromatic N) is 5. The fourth-order valence-corrected chi connectivity index (χ4v) is 3.34. The smallest absolute Gasteiger partial charge is 0.262 e. The highest BCUT2D eigenvalue weighted by Gasteiger charge is 2.19. The van der Waals surface area contributed by atoms with E-state index in [-0.39, 0.29) is 5.56 Å². The third-order valence-electron chi connectivity index (χ3n) is 4.66. The first kappa shape index (κ1) is 19.8. The number of hydrogen-bond donors (Lipinski definition) is 1. The quantitative estimate of drug-likeness (QED) is 0.483. The first-order valence-electron chi connectivity index (χ1n) is 10.2. The Morgan fingerprint density at radius 1 is 1.07 bits per heavy atom. The molecule has 3 aromatic heterocycles. The van der Waals surface area contributed by atoms with E-state index in [1.54, 1.807) is 23.1 Å². The maximum Gasteiger partial charge on any atom is 0.262 e. The number of nitrogens with one attached hydrogen (secondary N) is 1. The van der Waals surface area contributed by atoms with Gasteiger partial charge in [0, 0.05) is 18.9 Å². The van der Waals surface area contributed by atoms with Crippen LogP contribution in [0.3, 0.4) is 0 Å². The number of benzene rings is 1. The average Bonchev–Trinajstić information content (AvgIpc) is 3.11. The second-order valence-corrected chi connectivity index (χ2v) is 6.97. The average molecular weight is 404 g/mol. The standard InChI is InChI=1S/C22H24N6O2/c1-3-12-28-21-19(16(27-28)14-18-23-10-7-11-24-18)22(29)26-20(25-21)15-8-5-6-9-17(15)30-13-4-2/h5-11H,3-4,12-14H2,1-2H3,(H,25,26,29). The molecule has 1 aromatic carbocycles. The van der Waals surface area contributed by atoms with Crippen molar-refractivity contribution in [3.05, 3.63) is 64.6 Å². The lowest BCUT2D eigenvalue weighted by Crippen LogP contribution is -2.12. The van der Waals surface area contributed by atoms with Crippen molar-refractivity contribution in [2.24, 2.45) is 0 Å². The van der Waals surface area contributed by atoms with E-state index in [9.17, 15) is 4.79 Å². The van der Waals surface area contributed by atoms with Gasteiger partial charge in [0.15, 0.2) is 5.65 Å². The molecule has 1 N–H and O–H groups in total. The van der Waals surface area contributed by atoms with Gasteiger partial charge in [-0.25, -0.2) is 19.6 Å². The van der Waals surface area contributed by atoms with Gasteiger partial charge in [-0.2, -0.15) is 5.10 Å². The summed E-state index contributed by atoms with van der Waals surface area (Å²) in [5.41, 5.74) is 1.71. The minimum absolute atomic E-state index is 0.228. The number of para-hydroxylation sites is 1. The molecule has 8 nitrogen and oxygen atoms in total. The number of fused-ring (bicyclic) bond motifs is 1. The third-order valence-corrected chi connectivity index (χ3v) is 4.66. The summed E-state index contributed by atoms with van der Waals surface area (Å²) in [6.45, 7) is 5.38. The topological polar surface area (TPSA) is 98.6 Å². The van der Waals surface area contributed by atoms with Crippen molar-refractivity contribution in [3.63, 3.8) is 0 Å². The fourth-order valence-electron chi connectivity index (χ4n) is 3.34. The maximum absolute atomic E-state index is 13.1. The zero-order valence-electron chi connectivity index (χ0n) is 17.1. The maximum atomic E-state index is 13.1. The first-order chi connectivity index (χ1) is 14.7. The van der Waals surface area contributed by atoms with E-state index in [2.05, 4.69) is 33.9 Å². The van der Waals surface area contributed by atoms with E-state index in [1.165, 1.54) is 0 Å². The normalized spacial score (nSPS) is 11.1. The number of hydrogen-bond acceptors (Lipinski definition) is 6. The first-order valence-corrected chi connectivity index (χ1v) is 10.2. The van der Waals surface area contributed by atoms with Crippen LogP contribution in [-0.4, -0.2) is 36.3 Å². The number of rotatable bonds is 8. The van der Waals surface area contributed by atoms with Gasteiger partial charge in [-0.3, -0.25) is 4.79 Å². The molecule has 0 aliphatic rings. The molecule has 0 bridgehead atoms. The molecule has 4 rings (SSSR count). The van der Waals surface area contributed by atoms with Crippen molar-refractivity contribution in [1.82, 2.24) is 29.7 Å². The third kappa shape index (κ3) is 3.94. The lowest BCUT2D eigenvalue weighted by molar-refractivity contribution is 0.318. The zero-order valence-corrected chi connectivity index (χ0v) is 17.1. The Hall–Kier alpha value is -3.55. The molecule has 4 aromatic rings. The van der Waals surface area contributed by atoms with Crippen LogP contribution >= 0.6 is 0 Å². The van der Waals surface area contributed by atoms with Crippen LogP contribution in [0.2, 0.25) is 0 Å². The molecule has 30 heavy (non-hydrogen) atoms. The number of aryl methyl sites for hydroxylation is 1. The highest BCUT2D eigenvalue weighted by molar-refractivity contribution is 5.80. The minimum Gasteiger partial charge on any atom is -0.493 e. The molecule has 154 valence electrons. The Morgan fingerprint density at radius 3 is 2.63 bits per heavy atom. The Balaban J connectivity index is 1.84. The summed E-state index contributed by atoms with van der Waals surface area (Å²) in [4.78, 5) is 29.3. The molecule has 0 unspecified atom stereocenters. The molecule has 0 fully saturated rings. The van der Waals surface area contributed by atoms with E-state index in [0.29, 0.717) is 53.7 Å². The lowest BCUT2D eigenvalue weighted by atomic mass is 10.1. The van der Waals surface area contributed by atoms with Gasteiger partial charge >= 0.3 is 0 Å². The van der Waals surface area contributed by atoms with Crippen molar-refractivity contribution < 1.29 is 4.74 Å². The largest absolute Gasteiger partial charge is 0.493 e. The summed E-state index contributed by atoms with van der Waals surface area (Å²) < 4.78 is 7.65. The van der Waals surface area contributed by atoms with Crippen molar-refractivity contribution in [2.75, 3.05) is 6.61 Å². The second-order valence-electron chi connectivity index (χ2n) is 6.97. The molecule has 8 heteroatoms. The molecular formula is C22H24N6O2. The Bertz CT molecular complexity index is 1200. The van der Waals surface area contributed by atoms with Gasteiger partial charge < -0.3 is 9.72 Å². The molecule has 3 heterocycles. The number of H-pyrrole nitrogens is 1. The summed E-state index contributed by atoms with van der Waals surface area (Å²) in [5.74, 6) is 1.78. The Kier molecular flexibility index (Phi) is 5.83. The molecular weight excluding hydrogens is 380 g/mol. The highest BCUT2D eigenvalue weighted by atomic mass is 16.5. The molecule has 0 saturated heterocycles. The minimum atomic E-state index is -0.228. The van der Waals surface area contributed by atoms with Gasteiger partial charge in [0.05, 0.1) is 24.3 Å². The number of aromatic amines is 1. The molecule has 0 spiro atoms. The van der Waals surface area contributed by atoms with Gasteiger partial charge in [0.1, 0.15) is 22.8 Å². The molecule has 0 radical (unpaired) electrons. The van der Waals surface area contributed by atoms with Gasteiger partial charge in [-0.15, -0.1) is 0 Å². The van der Waals surface area contributed by atoms with Crippen LogP contribution in [-0.2, 0) is 13.0 Å². The summed E-state index contributed by atoms with van der Waals surface area (Å²) >= 11 is 0.